The maximum Gasteiger partial charge on any atom is 0.246 e. The van der Waals surface area contributed by atoms with Gasteiger partial charge < -0.3 is 15.1 Å². The highest BCUT2D eigenvalue weighted by Gasteiger charge is 2.19. The lowest BCUT2D eigenvalue weighted by atomic mass is 10.0. The van der Waals surface area contributed by atoms with Crippen molar-refractivity contribution in [2.75, 3.05) is 45.9 Å². The second-order valence-electron chi connectivity index (χ2n) is 8.85. The number of β-amino-alcohol motifs (C(OH)–C–C–N with tert-alkyl or cyclic N) is 1. The van der Waals surface area contributed by atoms with E-state index in [1.807, 2.05) is 11.8 Å². The Morgan fingerprint density at radius 2 is 1.42 bits per heavy atom. The minimum absolute atomic E-state index is 0.0845. The van der Waals surface area contributed by atoms with Crippen LogP contribution in [0.2, 0.25) is 0 Å². The molecule has 0 saturated carbocycles. The number of piperazine rings is 1. The number of allylic oxidation sites excluding steroid dienone is 6. The zero-order valence-electron chi connectivity index (χ0n) is 20.2. The summed E-state index contributed by atoms with van der Waals surface area (Å²) in [5, 5.41) is 18.7. The van der Waals surface area contributed by atoms with Gasteiger partial charge in [-0.15, -0.1) is 0 Å². The first kappa shape index (κ1) is 27.3. The van der Waals surface area contributed by atoms with Gasteiger partial charge in [0.25, 0.3) is 0 Å². The van der Waals surface area contributed by atoms with Gasteiger partial charge in [-0.05, 0) is 71.8 Å². The molecular formula is C26H44N2O3. The van der Waals surface area contributed by atoms with Crippen LogP contribution in [0.15, 0.2) is 46.6 Å². The van der Waals surface area contributed by atoms with Crippen molar-refractivity contribution in [2.45, 2.75) is 66.2 Å². The van der Waals surface area contributed by atoms with Crippen LogP contribution >= 0.6 is 0 Å². The number of hydrogen-bond acceptors (Lipinski definition) is 4. The third kappa shape index (κ3) is 12.7. The SMILES string of the molecule is CC(C)=CCCC(C)=CCCC(=CCCC(C)=CC(=O)N1CCN(CCO)CC1)CO. The van der Waals surface area contributed by atoms with Crippen molar-refractivity contribution < 1.29 is 15.0 Å². The van der Waals surface area contributed by atoms with E-state index in [1.54, 1.807) is 6.08 Å². The molecule has 0 aliphatic carbocycles. The monoisotopic (exact) mass is 432 g/mol. The number of carbonyl (C=O) groups excluding carboxylic acids is 1. The Bertz CT molecular complexity index is 650. The van der Waals surface area contributed by atoms with Gasteiger partial charge in [0.15, 0.2) is 0 Å². The average molecular weight is 433 g/mol. The van der Waals surface area contributed by atoms with Gasteiger partial charge in [0.2, 0.25) is 5.91 Å². The van der Waals surface area contributed by atoms with Gasteiger partial charge in [0, 0.05) is 38.8 Å². The van der Waals surface area contributed by atoms with Gasteiger partial charge in [-0.25, -0.2) is 0 Å². The van der Waals surface area contributed by atoms with Crippen molar-refractivity contribution in [1.29, 1.82) is 0 Å². The van der Waals surface area contributed by atoms with Crippen LogP contribution < -0.4 is 0 Å². The van der Waals surface area contributed by atoms with E-state index < -0.39 is 0 Å². The molecule has 31 heavy (non-hydrogen) atoms. The first-order valence-corrected chi connectivity index (χ1v) is 11.7. The zero-order valence-corrected chi connectivity index (χ0v) is 20.2. The van der Waals surface area contributed by atoms with Crippen LogP contribution in [0.1, 0.15) is 66.2 Å². The summed E-state index contributed by atoms with van der Waals surface area (Å²) in [6.07, 6.45) is 14.2. The van der Waals surface area contributed by atoms with Gasteiger partial charge in [0.05, 0.1) is 13.2 Å². The van der Waals surface area contributed by atoms with Crippen molar-refractivity contribution >= 4 is 5.91 Å². The maximum absolute atomic E-state index is 12.5. The Kier molecular flexibility index (Phi) is 14.1. The van der Waals surface area contributed by atoms with E-state index in [0.717, 1.165) is 75.9 Å². The molecule has 2 N–H and O–H groups in total. The topological polar surface area (TPSA) is 64.0 Å². The van der Waals surface area contributed by atoms with Crippen LogP contribution in [-0.4, -0.2) is 71.9 Å². The van der Waals surface area contributed by atoms with Crippen LogP contribution in [0.4, 0.5) is 0 Å². The highest BCUT2D eigenvalue weighted by Crippen LogP contribution is 2.14. The molecule has 5 heteroatoms. The molecule has 0 spiro atoms. The predicted molar refractivity (Wildman–Crippen MR) is 130 cm³/mol. The van der Waals surface area contributed by atoms with Crippen molar-refractivity contribution in [3.63, 3.8) is 0 Å². The van der Waals surface area contributed by atoms with Crippen molar-refractivity contribution in [3.8, 4) is 0 Å². The normalized spacial score (nSPS) is 16.6. The first-order valence-electron chi connectivity index (χ1n) is 11.7. The molecule has 1 aliphatic heterocycles. The molecule has 1 saturated heterocycles. The summed E-state index contributed by atoms with van der Waals surface area (Å²) in [5.74, 6) is 0.0845. The lowest BCUT2D eigenvalue weighted by Gasteiger charge is -2.33. The Hall–Kier alpha value is -1.69. The molecule has 1 fully saturated rings. The van der Waals surface area contributed by atoms with Crippen LogP contribution in [0.25, 0.3) is 0 Å². The van der Waals surface area contributed by atoms with Gasteiger partial charge in [-0.1, -0.05) is 34.9 Å². The van der Waals surface area contributed by atoms with Crippen molar-refractivity contribution in [3.05, 3.63) is 46.6 Å². The third-order valence-corrected chi connectivity index (χ3v) is 5.69. The van der Waals surface area contributed by atoms with Crippen LogP contribution in [0.3, 0.4) is 0 Å². The van der Waals surface area contributed by atoms with Crippen LogP contribution in [-0.2, 0) is 4.79 Å². The summed E-state index contributed by atoms with van der Waals surface area (Å²) in [5.41, 5.74) is 4.92. The van der Waals surface area contributed by atoms with Crippen LogP contribution in [0, 0.1) is 0 Å². The number of aliphatic hydroxyl groups is 2. The van der Waals surface area contributed by atoms with E-state index in [-0.39, 0.29) is 19.1 Å². The van der Waals surface area contributed by atoms with Crippen molar-refractivity contribution in [2.24, 2.45) is 0 Å². The van der Waals surface area contributed by atoms with E-state index in [4.69, 9.17) is 5.11 Å². The molecule has 0 aromatic carbocycles. The van der Waals surface area contributed by atoms with Gasteiger partial charge in [-0.2, -0.15) is 0 Å². The minimum atomic E-state index is 0.0845. The second-order valence-corrected chi connectivity index (χ2v) is 8.85. The van der Waals surface area contributed by atoms with Gasteiger partial charge >= 0.3 is 0 Å². The molecule has 176 valence electrons. The Balaban J connectivity index is 2.37. The summed E-state index contributed by atoms with van der Waals surface area (Å²) < 4.78 is 0. The van der Waals surface area contributed by atoms with E-state index in [9.17, 15) is 9.90 Å². The summed E-state index contributed by atoms with van der Waals surface area (Å²) >= 11 is 0. The number of aliphatic hydroxyl groups excluding tert-OH is 2. The van der Waals surface area contributed by atoms with Gasteiger partial charge in [0.1, 0.15) is 0 Å². The Labute approximate surface area is 189 Å². The summed E-state index contributed by atoms with van der Waals surface area (Å²) in [6, 6.07) is 0. The number of rotatable bonds is 13. The molecule has 1 heterocycles. The lowest BCUT2D eigenvalue weighted by Crippen LogP contribution is -2.48. The number of nitrogens with zero attached hydrogens (tertiary/aromatic N) is 2. The predicted octanol–water partition coefficient (Wildman–Crippen LogP) is 4.24. The molecule has 0 bridgehead atoms. The number of hydrogen-bond donors (Lipinski definition) is 2. The minimum Gasteiger partial charge on any atom is -0.395 e. The molecule has 1 amide bonds. The summed E-state index contributed by atoms with van der Waals surface area (Å²) in [7, 11) is 0. The molecular weight excluding hydrogens is 388 g/mol. The first-order chi connectivity index (χ1) is 14.8. The number of amides is 1. The largest absolute Gasteiger partial charge is 0.395 e. The highest BCUT2D eigenvalue weighted by atomic mass is 16.3. The molecule has 0 aromatic rings. The van der Waals surface area contributed by atoms with E-state index in [2.05, 4.69) is 43.9 Å². The zero-order chi connectivity index (χ0) is 23.1. The van der Waals surface area contributed by atoms with Crippen molar-refractivity contribution in [1.82, 2.24) is 9.80 Å². The second kappa shape index (κ2) is 16.0. The fraction of sp³-hybridized carbons (Fsp3) is 0.654. The summed E-state index contributed by atoms with van der Waals surface area (Å²) in [4.78, 5) is 16.5. The highest BCUT2D eigenvalue weighted by molar-refractivity contribution is 5.88. The standard InChI is InChI=1S/C26H44N2O3/c1-22(2)8-5-9-23(3)10-6-12-25(21-30)13-7-11-24(4)20-26(31)28-16-14-27(15-17-28)18-19-29/h8,10,13,20,29-30H,5-7,9,11-12,14-19,21H2,1-4H3. The molecule has 0 radical (unpaired) electrons. The van der Waals surface area contributed by atoms with E-state index in [0.29, 0.717) is 6.54 Å². The molecule has 5 nitrogen and oxygen atoms in total. The summed E-state index contributed by atoms with van der Waals surface area (Å²) in [6.45, 7) is 12.5. The van der Waals surface area contributed by atoms with E-state index >= 15 is 0 Å². The lowest BCUT2D eigenvalue weighted by molar-refractivity contribution is -0.127. The molecule has 0 aromatic heterocycles. The quantitative estimate of drug-likeness (QED) is 0.337. The smallest absolute Gasteiger partial charge is 0.246 e. The Morgan fingerprint density at radius 3 is 2.03 bits per heavy atom. The fourth-order valence-electron chi connectivity index (χ4n) is 3.65. The van der Waals surface area contributed by atoms with Crippen LogP contribution in [0.5, 0.6) is 0 Å². The third-order valence-electron chi connectivity index (χ3n) is 5.69. The maximum atomic E-state index is 12.5. The molecule has 0 unspecified atom stereocenters. The average Bonchev–Trinajstić information content (AvgIpc) is 2.73. The van der Waals surface area contributed by atoms with E-state index in [1.165, 1.54) is 11.1 Å². The Morgan fingerprint density at radius 1 is 0.806 bits per heavy atom. The molecule has 0 atom stereocenters. The fourth-order valence-corrected chi connectivity index (χ4v) is 3.65. The number of carbonyl (C=O) groups is 1. The molecule has 1 rings (SSSR count). The molecule has 1 aliphatic rings. The van der Waals surface area contributed by atoms with Gasteiger partial charge in [-0.3, -0.25) is 9.69 Å².